The van der Waals surface area contributed by atoms with Gasteiger partial charge in [-0.2, -0.15) is 0 Å². The van der Waals surface area contributed by atoms with Crippen molar-refractivity contribution in [2.75, 3.05) is 0 Å². The van der Waals surface area contributed by atoms with Gasteiger partial charge in [-0.25, -0.2) is 4.79 Å². The number of hydrogen-bond donors (Lipinski definition) is 1. The molecule has 0 aromatic heterocycles. The van der Waals surface area contributed by atoms with Crippen LogP contribution in [0.25, 0.3) is 0 Å². The average Bonchev–Trinajstić information content (AvgIpc) is 1.79. The van der Waals surface area contributed by atoms with Gasteiger partial charge in [0.1, 0.15) is 5.60 Å². The van der Waals surface area contributed by atoms with E-state index in [1.807, 2.05) is 41.5 Å². The van der Waals surface area contributed by atoms with Gasteiger partial charge >= 0.3 is 6.09 Å². The van der Waals surface area contributed by atoms with Crippen molar-refractivity contribution in [1.82, 2.24) is 5.32 Å². The third kappa shape index (κ3) is 5.47. The smallest absolute Gasteiger partial charge is 0.408 e. The van der Waals surface area contributed by atoms with Crippen molar-refractivity contribution >= 4 is 22.0 Å². The van der Waals surface area contributed by atoms with Gasteiger partial charge in [-0.1, -0.05) is 22.9 Å². The summed E-state index contributed by atoms with van der Waals surface area (Å²) >= 11 is 3.43. The SMILES string of the molecule is CC(Br)C(C)(C)NC(=O)OC(C)(C)C. The first-order valence-electron chi connectivity index (χ1n) is 4.70. The van der Waals surface area contributed by atoms with E-state index < -0.39 is 5.60 Å². The summed E-state index contributed by atoms with van der Waals surface area (Å²) < 4.78 is 5.15. The monoisotopic (exact) mass is 265 g/mol. The highest BCUT2D eigenvalue weighted by Gasteiger charge is 2.28. The molecule has 4 heteroatoms. The summed E-state index contributed by atoms with van der Waals surface area (Å²) in [5.41, 5.74) is -0.766. The Bertz CT molecular complexity index is 207. The molecule has 0 aliphatic carbocycles. The quantitative estimate of drug-likeness (QED) is 0.780. The Kier molecular flexibility index (Phi) is 4.43. The Balaban J connectivity index is 4.20. The summed E-state index contributed by atoms with van der Waals surface area (Å²) in [6, 6.07) is 0. The molecular weight excluding hydrogens is 246 g/mol. The van der Waals surface area contributed by atoms with Crippen LogP contribution < -0.4 is 5.32 Å². The normalized spacial score (nSPS) is 14.8. The number of carbonyl (C=O) groups excluding carboxylic acids is 1. The van der Waals surface area contributed by atoms with Crippen molar-refractivity contribution in [1.29, 1.82) is 0 Å². The summed E-state index contributed by atoms with van der Waals surface area (Å²) in [6.07, 6.45) is -0.381. The van der Waals surface area contributed by atoms with Crippen LogP contribution in [0.2, 0.25) is 0 Å². The second-order valence-corrected chi connectivity index (χ2v) is 6.34. The summed E-state index contributed by atoms with van der Waals surface area (Å²) in [5, 5.41) is 2.80. The molecule has 0 fully saturated rings. The lowest BCUT2D eigenvalue weighted by atomic mass is 10.0. The van der Waals surface area contributed by atoms with E-state index in [1.54, 1.807) is 0 Å². The summed E-state index contributed by atoms with van der Waals surface area (Å²) in [5.74, 6) is 0. The van der Waals surface area contributed by atoms with E-state index in [0.717, 1.165) is 0 Å². The fraction of sp³-hybridized carbons (Fsp3) is 0.900. The number of amides is 1. The summed E-state index contributed by atoms with van der Waals surface area (Å²) in [4.78, 5) is 11.6. The molecular formula is C10H20BrNO2. The van der Waals surface area contributed by atoms with E-state index >= 15 is 0 Å². The molecule has 0 heterocycles. The lowest BCUT2D eigenvalue weighted by molar-refractivity contribution is 0.0473. The predicted molar refractivity (Wildman–Crippen MR) is 61.8 cm³/mol. The molecule has 0 saturated carbocycles. The van der Waals surface area contributed by atoms with Crippen LogP contribution in [-0.4, -0.2) is 22.1 Å². The molecule has 0 aliphatic heterocycles. The molecule has 0 spiro atoms. The lowest BCUT2D eigenvalue weighted by Gasteiger charge is -2.30. The third-order valence-electron chi connectivity index (χ3n) is 1.82. The van der Waals surface area contributed by atoms with Crippen molar-refractivity contribution in [3.05, 3.63) is 0 Å². The summed E-state index contributed by atoms with van der Waals surface area (Å²) in [6.45, 7) is 11.4. The molecule has 84 valence electrons. The zero-order valence-corrected chi connectivity index (χ0v) is 11.4. The highest BCUT2D eigenvalue weighted by Crippen LogP contribution is 2.17. The number of carbonyl (C=O) groups is 1. The lowest BCUT2D eigenvalue weighted by Crippen LogP contribution is -2.50. The van der Waals surface area contributed by atoms with Gasteiger partial charge in [0.25, 0.3) is 0 Å². The molecule has 0 rings (SSSR count). The van der Waals surface area contributed by atoms with Crippen LogP contribution >= 0.6 is 15.9 Å². The van der Waals surface area contributed by atoms with Crippen LogP contribution in [0.4, 0.5) is 4.79 Å². The Labute approximate surface area is 94.7 Å². The van der Waals surface area contributed by atoms with Crippen molar-refractivity contribution in [2.45, 2.75) is 57.5 Å². The molecule has 14 heavy (non-hydrogen) atoms. The van der Waals surface area contributed by atoms with E-state index in [2.05, 4.69) is 21.2 Å². The molecule has 0 aromatic rings. The van der Waals surface area contributed by atoms with Gasteiger partial charge in [0.15, 0.2) is 0 Å². The molecule has 0 radical (unpaired) electrons. The van der Waals surface area contributed by atoms with Crippen molar-refractivity contribution in [2.24, 2.45) is 0 Å². The molecule has 0 aromatic carbocycles. The van der Waals surface area contributed by atoms with E-state index in [4.69, 9.17) is 4.74 Å². The van der Waals surface area contributed by atoms with Gasteiger partial charge < -0.3 is 10.1 Å². The highest BCUT2D eigenvalue weighted by atomic mass is 79.9. The number of ether oxygens (including phenoxy) is 1. The molecule has 1 N–H and O–H groups in total. The minimum absolute atomic E-state index is 0.183. The second-order valence-electron chi connectivity index (χ2n) is 4.96. The van der Waals surface area contributed by atoms with Gasteiger partial charge in [-0.05, 0) is 34.6 Å². The number of alkyl carbamates (subject to hydrolysis) is 1. The highest BCUT2D eigenvalue weighted by molar-refractivity contribution is 9.09. The van der Waals surface area contributed by atoms with Crippen LogP contribution in [0.5, 0.6) is 0 Å². The number of alkyl halides is 1. The second kappa shape index (κ2) is 4.51. The van der Waals surface area contributed by atoms with E-state index in [1.165, 1.54) is 0 Å². The van der Waals surface area contributed by atoms with Gasteiger partial charge in [0.05, 0.1) is 0 Å². The first kappa shape index (κ1) is 13.8. The number of rotatable bonds is 2. The predicted octanol–water partition coefficient (Wildman–Crippen LogP) is 3.07. The number of nitrogens with one attached hydrogen (secondary N) is 1. The fourth-order valence-electron chi connectivity index (χ4n) is 0.666. The van der Waals surface area contributed by atoms with Gasteiger partial charge in [0, 0.05) is 10.4 Å². The zero-order valence-electron chi connectivity index (χ0n) is 9.77. The standard InChI is InChI=1S/C10H20BrNO2/c1-7(11)10(5,6)12-8(13)14-9(2,3)4/h7H,1-6H3,(H,12,13). The third-order valence-corrected chi connectivity index (χ3v) is 2.96. The van der Waals surface area contributed by atoms with Crippen molar-refractivity contribution < 1.29 is 9.53 Å². The Morgan fingerprint density at radius 2 is 1.71 bits per heavy atom. The van der Waals surface area contributed by atoms with Gasteiger partial charge in [0.2, 0.25) is 0 Å². The Hall–Kier alpha value is -0.250. The molecule has 1 unspecified atom stereocenters. The molecule has 1 amide bonds. The topological polar surface area (TPSA) is 38.3 Å². The van der Waals surface area contributed by atoms with Crippen LogP contribution in [0.3, 0.4) is 0 Å². The minimum Gasteiger partial charge on any atom is -0.444 e. The zero-order chi connectivity index (χ0) is 11.6. The average molecular weight is 266 g/mol. The number of hydrogen-bond acceptors (Lipinski definition) is 2. The van der Waals surface area contributed by atoms with Crippen LogP contribution in [0.15, 0.2) is 0 Å². The first-order valence-corrected chi connectivity index (χ1v) is 5.61. The largest absolute Gasteiger partial charge is 0.444 e. The van der Waals surface area contributed by atoms with Gasteiger partial charge in [-0.3, -0.25) is 0 Å². The van der Waals surface area contributed by atoms with E-state index in [-0.39, 0.29) is 16.5 Å². The number of halogens is 1. The van der Waals surface area contributed by atoms with Crippen molar-refractivity contribution in [3.8, 4) is 0 Å². The van der Waals surface area contributed by atoms with E-state index in [9.17, 15) is 4.79 Å². The molecule has 0 saturated heterocycles. The minimum atomic E-state index is -0.449. The maximum Gasteiger partial charge on any atom is 0.408 e. The maximum atomic E-state index is 11.4. The van der Waals surface area contributed by atoms with Crippen LogP contribution in [0, 0.1) is 0 Å². The molecule has 3 nitrogen and oxygen atoms in total. The summed E-state index contributed by atoms with van der Waals surface area (Å²) in [7, 11) is 0. The van der Waals surface area contributed by atoms with Crippen LogP contribution in [0.1, 0.15) is 41.5 Å². The Morgan fingerprint density at radius 3 is 2.00 bits per heavy atom. The fourth-order valence-corrected chi connectivity index (χ4v) is 0.781. The first-order chi connectivity index (χ1) is 6.04. The van der Waals surface area contributed by atoms with Crippen LogP contribution in [-0.2, 0) is 4.74 Å². The molecule has 0 aliphatic rings. The Morgan fingerprint density at radius 1 is 1.29 bits per heavy atom. The van der Waals surface area contributed by atoms with E-state index in [0.29, 0.717) is 0 Å². The maximum absolute atomic E-state index is 11.4. The molecule has 0 bridgehead atoms. The molecule has 1 atom stereocenters. The van der Waals surface area contributed by atoms with Crippen molar-refractivity contribution in [3.63, 3.8) is 0 Å². The van der Waals surface area contributed by atoms with Gasteiger partial charge in [-0.15, -0.1) is 0 Å².